The molecule has 0 saturated carbocycles. The second-order valence-corrected chi connectivity index (χ2v) is 4.71. The molecule has 0 aliphatic carbocycles. The SMILES string of the molecule is CCN(C(=O)/C=C/C(F)(F)F)c1cn(-c2cccnc2)nc1C. The zero-order valence-corrected chi connectivity index (χ0v) is 12.6. The van der Waals surface area contributed by atoms with E-state index >= 15 is 0 Å². The van der Waals surface area contributed by atoms with Gasteiger partial charge in [-0.3, -0.25) is 9.78 Å². The topological polar surface area (TPSA) is 51.0 Å². The number of nitrogens with zero attached hydrogens (tertiary/aromatic N) is 4. The lowest BCUT2D eigenvalue weighted by Crippen LogP contribution is -2.29. The number of aryl methyl sites for hydroxylation is 1. The number of hydrogen-bond acceptors (Lipinski definition) is 3. The Labute approximate surface area is 131 Å². The van der Waals surface area contributed by atoms with Crippen molar-refractivity contribution in [1.82, 2.24) is 14.8 Å². The van der Waals surface area contributed by atoms with Crippen LogP contribution in [0, 0.1) is 6.92 Å². The smallest absolute Gasteiger partial charge is 0.306 e. The number of amides is 1. The number of alkyl halides is 3. The summed E-state index contributed by atoms with van der Waals surface area (Å²) >= 11 is 0. The third kappa shape index (κ3) is 4.18. The molecule has 0 fully saturated rings. The van der Waals surface area contributed by atoms with Crippen LogP contribution in [0.25, 0.3) is 5.69 Å². The fraction of sp³-hybridized carbons (Fsp3) is 0.267. The van der Waals surface area contributed by atoms with Crippen LogP contribution in [0.2, 0.25) is 0 Å². The van der Waals surface area contributed by atoms with Crippen molar-refractivity contribution in [3.05, 3.63) is 48.6 Å². The van der Waals surface area contributed by atoms with Crippen LogP contribution in [0.3, 0.4) is 0 Å². The zero-order chi connectivity index (χ0) is 17.0. The Bertz CT molecular complexity index is 707. The molecule has 0 aromatic carbocycles. The number of likely N-dealkylation sites (N-methyl/N-ethyl adjacent to an activating group) is 1. The fourth-order valence-electron chi connectivity index (χ4n) is 2.04. The fourth-order valence-corrected chi connectivity index (χ4v) is 2.04. The molecular formula is C15H15F3N4O. The number of pyridine rings is 1. The van der Waals surface area contributed by atoms with Crippen LogP contribution < -0.4 is 4.90 Å². The molecular weight excluding hydrogens is 309 g/mol. The molecule has 0 aliphatic rings. The number of rotatable bonds is 4. The summed E-state index contributed by atoms with van der Waals surface area (Å²) in [6, 6.07) is 3.52. The van der Waals surface area contributed by atoms with E-state index in [0.29, 0.717) is 23.1 Å². The first kappa shape index (κ1) is 16.7. The van der Waals surface area contributed by atoms with E-state index in [9.17, 15) is 18.0 Å². The van der Waals surface area contributed by atoms with Crippen LogP contribution in [-0.2, 0) is 4.79 Å². The number of allylic oxidation sites excluding steroid dienone is 1. The first-order chi connectivity index (χ1) is 10.8. The molecule has 0 bridgehead atoms. The Morgan fingerprint density at radius 2 is 2.17 bits per heavy atom. The minimum absolute atomic E-state index is 0.0706. The van der Waals surface area contributed by atoms with E-state index in [2.05, 4.69) is 10.1 Å². The van der Waals surface area contributed by atoms with Crippen LogP contribution >= 0.6 is 0 Å². The lowest BCUT2D eigenvalue weighted by Gasteiger charge is -2.18. The van der Waals surface area contributed by atoms with Crippen molar-refractivity contribution in [2.24, 2.45) is 0 Å². The number of aromatic nitrogens is 3. The second-order valence-electron chi connectivity index (χ2n) is 4.71. The van der Waals surface area contributed by atoms with Crippen molar-refractivity contribution in [1.29, 1.82) is 0 Å². The van der Waals surface area contributed by atoms with Gasteiger partial charge in [-0.1, -0.05) is 0 Å². The van der Waals surface area contributed by atoms with Crippen LogP contribution in [0.15, 0.2) is 42.9 Å². The minimum Gasteiger partial charge on any atom is -0.306 e. The third-order valence-electron chi connectivity index (χ3n) is 3.07. The summed E-state index contributed by atoms with van der Waals surface area (Å²) in [6.07, 6.45) is 0.727. The molecule has 0 N–H and O–H groups in total. The molecule has 2 aromatic heterocycles. The van der Waals surface area contributed by atoms with Gasteiger partial charge in [-0.05, 0) is 26.0 Å². The molecule has 23 heavy (non-hydrogen) atoms. The van der Waals surface area contributed by atoms with Crippen molar-refractivity contribution in [3.8, 4) is 5.69 Å². The molecule has 0 spiro atoms. The Morgan fingerprint density at radius 3 is 2.74 bits per heavy atom. The van der Waals surface area contributed by atoms with Gasteiger partial charge in [-0.15, -0.1) is 0 Å². The summed E-state index contributed by atoms with van der Waals surface area (Å²) < 4.78 is 38.2. The number of carbonyl (C=O) groups excluding carboxylic acids is 1. The van der Waals surface area contributed by atoms with Gasteiger partial charge in [0.05, 0.1) is 29.5 Å². The van der Waals surface area contributed by atoms with E-state index < -0.39 is 12.1 Å². The highest BCUT2D eigenvalue weighted by Crippen LogP contribution is 2.22. The molecule has 0 atom stereocenters. The Kier molecular flexibility index (Phi) is 4.83. The van der Waals surface area contributed by atoms with Gasteiger partial charge < -0.3 is 4.90 Å². The van der Waals surface area contributed by atoms with E-state index in [-0.39, 0.29) is 12.6 Å². The molecule has 0 saturated heterocycles. The van der Waals surface area contributed by atoms with Gasteiger partial charge >= 0.3 is 6.18 Å². The van der Waals surface area contributed by atoms with E-state index in [1.54, 1.807) is 44.6 Å². The van der Waals surface area contributed by atoms with Gasteiger partial charge in [0.25, 0.3) is 5.91 Å². The van der Waals surface area contributed by atoms with Crippen LogP contribution in [0.5, 0.6) is 0 Å². The normalized spacial score (nSPS) is 11.9. The lowest BCUT2D eigenvalue weighted by atomic mass is 10.3. The van der Waals surface area contributed by atoms with Gasteiger partial charge in [-0.25, -0.2) is 4.68 Å². The molecule has 0 radical (unpaired) electrons. The maximum Gasteiger partial charge on any atom is 0.409 e. The number of hydrogen-bond donors (Lipinski definition) is 0. The van der Waals surface area contributed by atoms with Crippen LogP contribution in [-0.4, -0.2) is 33.4 Å². The summed E-state index contributed by atoms with van der Waals surface area (Å²) in [5.74, 6) is -0.751. The average Bonchev–Trinajstić information content (AvgIpc) is 2.88. The molecule has 0 unspecified atom stereocenters. The minimum atomic E-state index is -4.52. The third-order valence-corrected chi connectivity index (χ3v) is 3.07. The van der Waals surface area contributed by atoms with Crippen molar-refractivity contribution in [2.75, 3.05) is 11.4 Å². The maximum atomic E-state index is 12.2. The highest BCUT2D eigenvalue weighted by molar-refractivity contribution is 6.01. The van der Waals surface area contributed by atoms with Crippen molar-refractivity contribution in [3.63, 3.8) is 0 Å². The molecule has 8 heteroatoms. The zero-order valence-electron chi connectivity index (χ0n) is 12.6. The quantitative estimate of drug-likeness (QED) is 0.812. The molecule has 122 valence electrons. The number of carbonyl (C=O) groups is 1. The highest BCUT2D eigenvalue weighted by Gasteiger charge is 2.24. The summed E-state index contributed by atoms with van der Waals surface area (Å²) in [4.78, 5) is 17.2. The average molecular weight is 324 g/mol. The largest absolute Gasteiger partial charge is 0.409 e. The van der Waals surface area contributed by atoms with Gasteiger partial charge in [-0.2, -0.15) is 18.3 Å². The first-order valence-electron chi connectivity index (χ1n) is 6.86. The highest BCUT2D eigenvalue weighted by atomic mass is 19.4. The molecule has 2 aromatic rings. The monoisotopic (exact) mass is 324 g/mol. The van der Waals surface area contributed by atoms with E-state index in [4.69, 9.17) is 0 Å². The molecule has 2 rings (SSSR count). The summed E-state index contributed by atoms with van der Waals surface area (Å²) in [7, 11) is 0. The Hall–Kier alpha value is -2.64. The Morgan fingerprint density at radius 1 is 1.43 bits per heavy atom. The molecule has 0 aliphatic heterocycles. The van der Waals surface area contributed by atoms with E-state index in [1.165, 1.54) is 9.58 Å². The first-order valence-corrected chi connectivity index (χ1v) is 6.86. The second kappa shape index (κ2) is 6.64. The number of anilines is 1. The van der Waals surface area contributed by atoms with E-state index in [0.717, 1.165) is 0 Å². The van der Waals surface area contributed by atoms with Gasteiger partial charge in [0.2, 0.25) is 0 Å². The van der Waals surface area contributed by atoms with E-state index in [1.807, 2.05) is 0 Å². The van der Waals surface area contributed by atoms with Crippen LogP contribution in [0.1, 0.15) is 12.6 Å². The lowest BCUT2D eigenvalue weighted by molar-refractivity contribution is -0.115. The summed E-state index contributed by atoms with van der Waals surface area (Å²) in [6.45, 7) is 3.59. The number of halogens is 3. The summed E-state index contributed by atoms with van der Waals surface area (Å²) in [5, 5.41) is 4.28. The van der Waals surface area contributed by atoms with Crippen molar-refractivity contribution >= 4 is 11.6 Å². The van der Waals surface area contributed by atoms with Gasteiger partial charge in [0.1, 0.15) is 0 Å². The van der Waals surface area contributed by atoms with Crippen molar-refractivity contribution in [2.45, 2.75) is 20.0 Å². The predicted molar refractivity (Wildman–Crippen MR) is 79.3 cm³/mol. The van der Waals surface area contributed by atoms with Gasteiger partial charge in [0, 0.05) is 24.9 Å². The summed E-state index contributed by atoms with van der Waals surface area (Å²) in [5.41, 5.74) is 1.67. The van der Waals surface area contributed by atoms with Crippen LogP contribution in [0.4, 0.5) is 18.9 Å². The maximum absolute atomic E-state index is 12.2. The molecule has 1 amide bonds. The van der Waals surface area contributed by atoms with Gasteiger partial charge in [0.15, 0.2) is 0 Å². The Balaban J connectivity index is 2.30. The van der Waals surface area contributed by atoms with Crippen molar-refractivity contribution < 1.29 is 18.0 Å². The molecule has 2 heterocycles. The molecule has 5 nitrogen and oxygen atoms in total. The standard InChI is InChI=1S/C15H15F3N4O/c1-3-21(14(23)6-7-15(16,17)18)13-10-22(20-11(13)2)12-5-4-8-19-9-12/h4-10H,3H2,1-2H3/b7-6+. The predicted octanol–water partition coefficient (Wildman–Crippen LogP) is 3.05.